The van der Waals surface area contributed by atoms with E-state index in [2.05, 4.69) is 5.32 Å². The van der Waals surface area contributed by atoms with E-state index in [-0.39, 0.29) is 18.8 Å². The molecule has 29 heavy (non-hydrogen) atoms. The predicted octanol–water partition coefficient (Wildman–Crippen LogP) is 2.44. The van der Waals surface area contributed by atoms with E-state index in [1.807, 2.05) is 6.07 Å². The summed E-state index contributed by atoms with van der Waals surface area (Å²) in [4.78, 5) is 14.2. The van der Waals surface area contributed by atoms with Gasteiger partial charge in [0.2, 0.25) is 15.9 Å². The highest BCUT2D eigenvalue weighted by Crippen LogP contribution is 2.20. The highest BCUT2D eigenvalue weighted by Gasteiger charge is 2.31. The lowest BCUT2D eigenvalue weighted by molar-refractivity contribution is -0.121. The third kappa shape index (κ3) is 5.17. The van der Waals surface area contributed by atoms with Gasteiger partial charge in [0.05, 0.1) is 11.8 Å². The van der Waals surface area contributed by atoms with Crippen molar-refractivity contribution in [2.24, 2.45) is 0 Å². The second-order valence-corrected chi connectivity index (χ2v) is 8.91. The molecule has 0 bridgehead atoms. The van der Waals surface area contributed by atoms with E-state index in [9.17, 15) is 22.0 Å². The molecule has 2 aromatic carbocycles. The Labute approximate surface area is 169 Å². The first-order chi connectivity index (χ1) is 13.8. The Balaban J connectivity index is 1.57. The molecular formula is C20H23F2N3O3S. The van der Waals surface area contributed by atoms with Crippen molar-refractivity contribution in [2.75, 3.05) is 31.5 Å². The predicted molar refractivity (Wildman–Crippen MR) is 107 cm³/mol. The first kappa shape index (κ1) is 21.4. The van der Waals surface area contributed by atoms with Crippen LogP contribution in [0.2, 0.25) is 0 Å². The minimum absolute atomic E-state index is 0.0730. The van der Waals surface area contributed by atoms with Crippen LogP contribution in [0.1, 0.15) is 12.5 Å². The third-order valence-corrected chi connectivity index (χ3v) is 6.85. The number of benzene rings is 2. The quantitative estimate of drug-likeness (QED) is 0.775. The van der Waals surface area contributed by atoms with E-state index < -0.39 is 39.3 Å². The lowest BCUT2D eigenvalue weighted by atomic mass is 10.2. The van der Waals surface area contributed by atoms with Gasteiger partial charge >= 0.3 is 0 Å². The van der Waals surface area contributed by atoms with Crippen molar-refractivity contribution in [3.05, 3.63) is 65.7 Å². The SMILES string of the molecule is C[C@H](C(=O)Nc1c(F)cccc1F)N1CCN(S(=O)(=O)Cc2ccccc2)CC1. The Bertz CT molecular complexity index is 942. The monoisotopic (exact) mass is 423 g/mol. The van der Waals surface area contributed by atoms with Crippen LogP contribution < -0.4 is 5.32 Å². The first-order valence-electron chi connectivity index (χ1n) is 9.28. The van der Waals surface area contributed by atoms with Gasteiger partial charge in [-0.05, 0) is 24.6 Å². The number of carbonyl (C=O) groups excluding carboxylic acids is 1. The second-order valence-electron chi connectivity index (χ2n) is 6.94. The standard InChI is InChI=1S/C20H23F2N3O3S/c1-15(20(26)23-19-17(21)8-5-9-18(19)22)24-10-12-25(13-11-24)29(27,28)14-16-6-3-2-4-7-16/h2-9,15H,10-14H2,1H3,(H,23,26)/t15-/m1/s1. The molecule has 1 saturated heterocycles. The van der Waals surface area contributed by atoms with Gasteiger partial charge in [0.1, 0.15) is 17.3 Å². The van der Waals surface area contributed by atoms with Crippen molar-refractivity contribution in [3.8, 4) is 0 Å². The average molecular weight is 423 g/mol. The van der Waals surface area contributed by atoms with Crippen LogP contribution in [-0.4, -0.2) is 55.8 Å². The number of nitrogens with zero attached hydrogens (tertiary/aromatic N) is 2. The molecule has 1 atom stereocenters. The van der Waals surface area contributed by atoms with Crippen molar-refractivity contribution >= 4 is 21.6 Å². The van der Waals surface area contributed by atoms with Crippen molar-refractivity contribution in [3.63, 3.8) is 0 Å². The van der Waals surface area contributed by atoms with Crippen LogP contribution >= 0.6 is 0 Å². The number of sulfonamides is 1. The molecule has 0 radical (unpaired) electrons. The van der Waals surface area contributed by atoms with Crippen LogP contribution in [0.15, 0.2) is 48.5 Å². The zero-order chi connectivity index (χ0) is 21.0. The summed E-state index contributed by atoms with van der Waals surface area (Å²) >= 11 is 0. The maximum absolute atomic E-state index is 13.7. The molecule has 1 amide bonds. The van der Waals surface area contributed by atoms with Gasteiger partial charge in [-0.1, -0.05) is 36.4 Å². The molecule has 9 heteroatoms. The molecule has 156 valence electrons. The topological polar surface area (TPSA) is 69.7 Å². The van der Waals surface area contributed by atoms with Gasteiger partial charge < -0.3 is 5.32 Å². The molecule has 2 aromatic rings. The van der Waals surface area contributed by atoms with Gasteiger partial charge in [0.25, 0.3) is 0 Å². The Hall–Kier alpha value is -2.36. The third-order valence-electron chi connectivity index (χ3n) is 5.00. The molecule has 1 aliphatic rings. The van der Waals surface area contributed by atoms with Gasteiger partial charge in [-0.2, -0.15) is 4.31 Å². The summed E-state index contributed by atoms with van der Waals surface area (Å²) in [6.07, 6.45) is 0. The Morgan fingerprint density at radius 1 is 1.00 bits per heavy atom. The van der Waals surface area contributed by atoms with Gasteiger partial charge in [-0.15, -0.1) is 0 Å². The second kappa shape index (κ2) is 8.98. The summed E-state index contributed by atoms with van der Waals surface area (Å²) in [5.74, 6) is -2.31. The van der Waals surface area contributed by atoms with Crippen LogP contribution in [0.4, 0.5) is 14.5 Å². The fourth-order valence-corrected chi connectivity index (χ4v) is 4.77. The number of hydrogen-bond donors (Lipinski definition) is 1. The highest BCUT2D eigenvalue weighted by molar-refractivity contribution is 7.88. The molecule has 1 heterocycles. The number of piperazine rings is 1. The molecule has 0 unspecified atom stereocenters. The number of nitrogens with one attached hydrogen (secondary N) is 1. The van der Waals surface area contributed by atoms with Crippen molar-refractivity contribution in [2.45, 2.75) is 18.7 Å². The number of hydrogen-bond acceptors (Lipinski definition) is 4. The number of rotatable bonds is 6. The number of halogens is 2. The molecule has 0 aromatic heterocycles. The molecule has 1 aliphatic heterocycles. The molecule has 0 spiro atoms. The minimum Gasteiger partial charge on any atom is -0.320 e. The summed E-state index contributed by atoms with van der Waals surface area (Å²) in [5, 5.41) is 2.29. The molecular weight excluding hydrogens is 400 g/mol. The number of carbonyl (C=O) groups is 1. The number of amides is 1. The van der Waals surface area contributed by atoms with Crippen LogP contribution in [0.5, 0.6) is 0 Å². The Kier molecular flexibility index (Phi) is 6.61. The first-order valence-corrected chi connectivity index (χ1v) is 10.9. The van der Waals surface area contributed by atoms with E-state index in [4.69, 9.17) is 0 Å². The van der Waals surface area contributed by atoms with E-state index in [0.717, 1.165) is 17.7 Å². The van der Waals surface area contributed by atoms with Crippen molar-refractivity contribution in [1.82, 2.24) is 9.21 Å². The smallest absolute Gasteiger partial charge is 0.241 e. The Morgan fingerprint density at radius 3 is 2.17 bits per heavy atom. The number of anilines is 1. The normalized spacial score (nSPS) is 17.1. The largest absolute Gasteiger partial charge is 0.320 e. The van der Waals surface area contributed by atoms with Gasteiger partial charge in [0.15, 0.2) is 0 Å². The summed E-state index contributed by atoms with van der Waals surface area (Å²) in [7, 11) is -3.46. The summed E-state index contributed by atoms with van der Waals surface area (Å²) < 4.78 is 54.1. The molecule has 6 nitrogen and oxygen atoms in total. The van der Waals surface area contributed by atoms with Crippen LogP contribution in [0.25, 0.3) is 0 Å². The van der Waals surface area contributed by atoms with Gasteiger partial charge in [-0.3, -0.25) is 9.69 Å². The zero-order valence-corrected chi connectivity index (χ0v) is 16.8. The van der Waals surface area contributed by atoms with Crippen LogP contribution in [0.3, 0.4) is 0 Å². The van der Waals surface area contributed by atoms with Gasteiger partial charge in [-0.25, -0.2) is 17.2 Å². The van der Waals surface area contributed by atoms with Crippen molar-refractivity contribution in [1.29, 1.82) is 0 Å². The van der Waals surface area contributed by atoms with Crippen molar-refractivity contribution < 1.29 is 22.0 Å². The lowest BCUT2D eigenvalue weighted by Crippen LogP contribution is -2.54. The highest BCUT2D eigenvalue weighted by atomic mass is 32.2. The van der Waals surface area contributed by atoms with Gasteiger partial charge in [0, 0.05) is 26.2 Å². The molecule has 1 N–H and O–H groups in total. The molecule has 1 fully saturated rings. The number of para-hydroxylation sites is 1. The fourth-order valence-electron chi connectivity index (χ4n) is 3.26. The summed E-state index contributed by atoms with van der Waals surface area (Å²) in [6, 6.07) is 11.6. The summed E-state index contributed by atoms with van der Waals surface area (Å²) in [5.41, 5.74) is 0.239. The maximum atomic E-state index is 13.7. The maximum Gasteiger partial charge on any atom is 0.241 e. The van der Waals surface area contributed by atoms with E-state index in [1.54, 1.807) is 36.1 Å². The molecule has 0 saturated carbocycles. The zero-order valence-electron chi connectivity index (χ0n) is 16.0. The Morgan fingerprint density at radius 2 is 1.59 bits per heavy atom. The molecule has 3 rings (SSSR count). The lowest BCUT2D eigenvalue weighted by Gasteiger charge is -2.36. The van der Waals surface area contributed by atoms with E-state index >= 15 is 0 Å². The average Bonchev–Trinajstić information content (AvgIpc) is 2.70. The van der Waals surface area contributed by atoms with Crippen LogP contribution in [-0.2, 0) is 20.6 Å². The van der Waals surface area contributed by atoms with E-state index in [1.165, 1.54) is 10.4 Å². The minimum atomic E-state index is -3.46. The molecule has 0 aliphatic carbocycles. The van der Waals surface area contributed by atoms with E-state index in [0.29, 0.717) is 13.1 Å². The fraction of sp³-hybridized carbons (Fsp3) is 0.350. The van der Waals surface area contributed by atoms with Crippen LogP contribution in [0, 0.1) is 11.6 Å². The summed E-state index contributed by atoms with van der Waals surface area (Å²) in [6.45, 7) is 2.83.